The van der Waals surface area contributed by atoms with Crippen LogP contribution >= 0.6 is 0 Å². The summed E-state index contributed by atoms with van der Waals surface area (Å²) >= 11 is 0. The number of anilines is 3. The minimum Gasteiger partial charge on any atom is -0.362 e. The van der Waals surface area contributed by atoms with Crippen molar-refractivity contribution in [1.82, 2.24) is 15.2 Å². The van der Waals surface area contributed by atoms with Crippen LogP contribution < -0.4 is 10.6 Å². The van der Waals surface area contributed by atoms with Crippen LogP contribution in [0.3, 0.4) is 0 Å². The number of hydrogen-bond donors (Lipinski definition) is 2. The van der Waals surface area contributed by atoms with E-state index in [4.69, 9.17) is 0 Å². The summed E-state index contributed by atoms with van der Waals surface area (Å²) in [5.74, 6) is 1.17. The molecular formula is C19H21N5. The maximum atomic E-state index is 4.50. The third kappa shape index (κ3) is 3.87. The van der Waals surface area contributed by atoms with E-state index in [9.17, 15) is 0 Å². The van der Waals surface area contributed by atoms with Crippen molar-refractivity contribution in [3.63, 3.8) is 0 Å². The summed E-state index contributed by atoms with van der Waals surface area (Å²) in [4.78, 5) is 4.50. The van der Waals surface area contributed by atoms with Crippen LogP contribution in [0, 0.1) is 13.8 Å². The van der Waals surface area contributed by atoms with E-state index in [2.05, 4.69) is 70.9 Å². The van der Waals surface area contributed by atoms with Gasteiger partial charge in [-0.25, -0.2) is 0 Å². The van der Waals surface area contributed by atoms with Crippen molar-refractivity contribution in [1.29, 1.82) is 0 Å². The standard InChI is InChI=1S/C19H21N5/c1-13-9-10-17(14(2)11-13)22-19-23-18(12-20-24-19)21-15(3)16-7-5-4-6-8-16/h4-12,15H,1-3H3,(H2,21,22,23,24). The molecule has 5 heteroatoms. The van der Waals surface area contributed by atoms with Crippen LogP contribution in [-0.4, -0.2) is 15.2 Å². The highest BCUT2D eigenvalue weighted by Gasteiger charge is 2.08. The van der Waals surface area contributed by atoms with Crippen LogP contribution in [0.5, 0.6) is 0 Å². The zero-order valence-electron chi connectivity index (χ0n) is 14.1. The van der Waals surface area contributed by atoms with E-state index in [1.807, 2.05) is 24.3 Å². The Bertz CT molecular complexity index is 817. The van der Waals surface area contributed by atoms with Gasteiger partial charge in [0.05, 0.1) is 6.20 Å². The lowest BCUT2D eigenvalue weighted by atomic mass is 10.1. The average Bonchev–Trinajstić information content (AvgIpc) is 2.58. The molecule has 1 heterocycles. The Morgan fingerprint density at radius 2 is 1.79 bits per heavy atom. The van der Waals surface area contributed by atoms with Crippen LogP contribution in [0.25, 0.3) is 0 Å². The first-order valence-electron chi connectivity index (χ1n) is 7.97. The average molecular weight is 319 g/mol. The highest BCUT2D eigenvalue weighted by molar-refractivity contribution is 5.59. The number of aryl methyl sites for hydroxylation is 2. The van der Waals surface area contributed by atoms with E-state index in [0.29, 0.717) is 11.8 Å². The fraction of sp³-hybridized carbons (Fsp3) is 0.211. The second-order valence-corrected chi connectivity index (χ2v) is 5.89. The summed E-state index contributed by atoms with van der Waals surface area (Å²) in [6.45, 7) is 6.22. The Labute approximate surface area is 142 Å². The minimum absolute atomic E-state index is 0.136. The molecule has 0 bridgehead atoms. The Kier molecular flexibility index (Phi) is 4.70. The monoisotopic (exact) mass is 319 g/mol. The maximum absolute atomic E-state index is 4.50. The Hall–Kier alpha value is -2.95. The number of rotatable bonds is 5. The van der Waals surface area contributed by atoms with Gasteiger partial charge < -0.3 is 10.6 Å². The van der Waals surface area contributed by atoms with Gasteiger partial charge in [0.15, 0.2) is 5.82 Å². The van der Waals surface area contributed by atoms with E-state index in [1.165, 1.54) is 11.1 Å². The lowest BCUT2D eigenvalue weighted by molar-refractivity contribution is 0.861. The van der Waals surface area contributed by atoms with Crippen LogP contribution in [0.4, 0.5) is 17.5 Å². The van der Waals surface area contributed by atoms with Crippen molar-refractivity contribution >= 4 is 17.5 Å². The van der Waals surface area contributed by atoms with Gasteiger partial charge in [0.25, 0.3) is 0 Å². The normalized spacial score (nSPS) is 11.8. The summed E-state index contributed by atoms with van der Waals surface area (Å²) in [5.41, 5.74) is 4.55. The quantitative estimate of drug-likeness (QED) is 0.729. The van der Waals surface area contributed by atoms with Crippen molar-refractivity contribution in [3.05, 3.63) is 71.4 Å². The van der Waals surface area contributed by atoms with E-state index >= 15 is 0 Å². The van der Waals surface area contributed by atoms with Crippen LogP contribution in [0.1, 0.15) is 29.7 Å². The molecule has 0 aliphatic heterocycles. The van der Waals surface area contributed by atoms with Crippen LogP contribution in [0.15, 0.2) is 54.7 Å². The van der Waals surface area contributed by atoms with Gasteiger partial charge in [-0.15, -0.1) is 5.10 Å². The molecular weight excluding hydrogens is 298 g/mol. The topological polar surface area (TPSA) is 62.7 Å². The van der Waals surface area contributed by atoms with E-state index < -0.39 is 0 Å². The highest BCUT2D eigenvalue weighted by Crippen LogP contribution is 2.21. The molecule has 1 aromatic heterocycles. The molecule has 122 valence electrons. The fourth-order valence-corrected chi connectivity index (χ4v) is 2.55. The second-order valence-electron chi connectivity index (χ2n) is 5.89. The second kappa shape index (κ2) is 7.08. The van der Waals surface area contributed by atoms with Gasteiger partial charge in [-0.05, 0) is 38.0 Å². The van der Waals surface area contributed by atoms with Crippen LogP contribution in [0.2, 0.25) is 0 Å². The smallest absolute Gasteiger partial charge is 0.249 e. The van der Waals surface area contributed by atoms with Crippen molar-refractivity contribution in [3.8, 4) is 0 Å². The Balaban J connectivity index is 1.74. The molecule has 0 fully saturated rings. The lowest BCUT2D eigenvalue weighted by Crippen LogP contribution is -2.10. The number of nitrogens with zero attached hydrogens (tertiary/aromatic N) is 3. The Morgan fingerprint density at radius 1 is 1.00 bits per heavy atom. The molecule has 0 amide bonds. The van der Waals surface area contributed by atoms with Gasteiger partial charge in [-0.3, -0.25) is 0 Å². The number of hydrogen-bond acceptors (Lipinski definition) is 5. The molecule has 3 aromatic rings. The summed E-state index contributed by atoms with van der Waals surface area (Å²) < 4.78 is 0. The van der Waals surface area contributed by atoms with Gasteiger partial charge in [-0.1, -0.05) is 48.0 Å². The highest BCUT2D eigenvalue weighted by atomic mass is 15.3. The van der Waals surface area contributed by atoms with Gasteiger partial charge in [0.1, 0.15) is 0 Å². The summed E-state index contributed by atoms with van der Waals surface area (Å²) in [6.07, 6.45) is 1.63. The molecule has 24 heavy (non-hydrogen) atoms. The van der Waals surface area contributed by atoms with Gasteiger partial charge in [0.2, 0.25) is 5.95 Å². The first-order chi connectivity index (χ1) is 11.6. The molecule has 0 aliphatic carbocycles. The predicted molar refractivity (Wildman–Crippen MR) is 97.5 cm³/mol. The predicted octanol–water partition coefficient (Wildman–Crippen LogP) is 4.41. The molecule has 2 aromatic carbocycles. The number of aromatic nitrogens is 3. The van der Waals surface area contributed by atoms with Crippen molar-refractivity contribution in [2.75, 3.05) is 10.6 Å². The van der Waals surface area contributed by atoms with Gasteiger partial charge in [-0.2, -0.15) is 10.1 Å². The first-order valence-corrected chi connectivity index (χ1v) is 7.97. The molecule has 2 N–H and O–H groups in total. The number of nitrogens with one attached hydrogen (secondary N) is 2. The lowest BCUT2D eigenvalue weighted by Gasteiger charge is -2.15. The third-order valence-electron chi connectivity index (χ3n) is 3.85. The third-order valence-corrected chi connectivity index (χ3v) is 3.85. The van der Waals surface area contributed by atoms with E-state index in [-0.39, 0.29) is 6.04 Å². The molecule has 5 nitrogen and oxygen atoms in total. The molecule has 0 saturated heterocycles. The molecule has 1 unspecified atom stereocenters. The summed E-state index contributed by atoms with van der Waals surface area (Å²) in [7, 11) is 0. The summed E-state index contributed by atoms with van der Waals surface area (Å²) in [6, 6.07) is 16.6. The van der Waals surface area contributed by atoms with E-state index in [0.717, 1.165) is 11.3 Å². The van der Waals surface area contributed by atoms with Crippen molar-refractivity contribution < 1.29 is 0 Å². The zero-order chi connectivity index (χ0) is 16.9. The Morgan fingerprint density at radius 3 is 2.54 bits per heavy atom. The molecule has 0 radical (unpaired) electrons. The van der Waals surface area contributed by atoms with Gasteiger partial charge >= 0.3 is 0 Å². The minimum atomic E-state index is 0.136. The zero-order valence-corrected chi connectivity index (χ0v) is 14.1. The first kappa shape index (κ1) is 15.9. The SMILES string of the molecule is Cc1ccc(Nc2nncc(NC(C)c3ccccc3)n2)c(C)c1. The van der Waals surface area contributed by atoms with Gasteiger partial charge in [0, 0.05) is 11.7 Å². The molecule has 1 atom stereocenters. The van der Waals surface area contributed by atoms with Crippen molar-refractivity contribution in [2.45, 2.75) is 26.8 Å². The fourth-order valence-electron chi connectivity index (χ4n) is 2.55. The largest absolute Gasteiger partial charge is 0.362 e. The molecule has 3 rings (SSSR count). The number of benzene rings is 2. The summed E-state index contributed by atoms with van der Waals surface area (Å²) in [5, 5.41) is 14.7. The molecule has 0 saturated carbocycles. The molecule has 0 aliphatic rings. The van der Waals surface area contributed by atoms with Crippen LogP contribution in [-0.2, 0) is 0 Å². The van der Waals surface area contributed by atoms with E-state index in [1.54, 1.807) is 6.20 Å². The maximum Gasteiger partial charge on any atom is 0.249 e. The van der Waals surface area contributed by atoms with Crippen molar-refractivity contribution in [2.24, 2.45) is 0 Å². The molecule has 0 spiro atoms.